The summed E-state index contributed by atoms with van der Waals surface area (Å²) >= 11 is 0. The minimum atomic E-state index is -0.372. The molecule has 0 aliphatic carbocycles. The van der Waals surface area contributed by atoms with Gasteiger partial charge >= 0.3 is 0 Å². The quantitative estimate of drug-likeness (QED) is 0.882. The first-order chi connectivity index (χ1) is 11.2. The SMILES string of the molecule is CCOc1ccc(/C=C2/N=C(c3cccc(F)c3)NC2=O)cc1. The molecular weight excluding hydrogens is 295 g/mol. The van der Waals surface area contributed by atoms with E-state index in [9.17, 15) is 9.18 Å². The van der Waals surface area contributed by atoms with Crippen LogP contribution in [-0.2, 0) is 4.79 Å². The van der Waals surface area contributed by atoms with Crippen LogP contribution in [0.25, 0.3) is 6.08 Å². The predicted molar refractivity (Wildman–Crippen MR) is 86.7 cm³/mol. The van der Waals surface area contributed by atoms with Gasteiger partial charge in [-0.3, -0.25) is 4.79 Å². The maximum Gasteiger partial charge on any atom is 0.275 e. The van der Waals surface area contributed by atoms with E-state index in [0.717, 1.165) is 11.3 Å². The molecule has 0 atom stereocenters. The lowest BCUT2D eigenvalue weighted by Crippen LogP contribution is -2.24. The molecular formula is C18H15FN2O2. The molecule has 5 heteroatoms. The van der Waals surface area contributed by atoms with Crippen LogP contribution in [0, 0.1) is 5.82 Å². The summed E-state index contributed by atoms with van der Waals surface area (Å²) in [5, 5.41) is 2.65. The second-order valence-corrected chi connectivity index (χ2v) is 4.96. The fourth-order valence-corrected chi connectivity index (χ4v) is 2.23. The molecule has 23 heavy (non-hydrogen) atoms. The highest BCUT2D eigenvalue weighted by molar-refractivity contribution is 6.19. The molecule has 3 rings (SSSR count). The molecule has 1 heterocycles. The third-order valence-corrected chi connectivity index (χ3v) is 3.29. The number of amides is 1. The molecule has 0 bridgehead atoms. The Labute approximate surface area is 133 Å². The molecule has 0 unspecified atom stereocenters. The van der Waals surface area contributed by atoms with Crippen molar-refractivity contribution in [1.82, 2.24) is 5.32 Å². The van der Waals surface area contributed by atoms with Crippen LogP contribution in [0.3, 0.4) is 0 Å². The number of hydrogen-bond donors (Lipinski definition) is 1. The van der Waals surface area contributed by atoms with Crippen molar-refractivity contribution in [3.8, 4) is 5.75 Å². The van der Waals surface area contributed by atoms with Crippen molar-refractivity contribution in [2.75, 3.05) is 6.61 Å². The third-order valence-electron chi connectivity index (χ3n) is 3.29. The fourth-order valence-electron chi connectivity index (χ4n) is 2.23. The zero-order valence-electron chi connectivity index (χ0n) is 12.5. The van der Waals surface area contributed by atoms with Crippen LogP contribution in [0.15, 0.2) is 59.2 Å². The van der Waals surface area contributed by atoms with Gasteiger partial charge in [-0.1, -0.05) is 24.3 Å². The van der Waals surface area contributed by atoms with E-state index in [-0.39, 0.29) is 17.4 Å². The van der Waals surface area contributed by atoms with E-state index in [1.807, 2.05) is 31.2 Å². The molecule has 116 valence electrons. The summed E-state index contributed by atoms with van der Waals surface area (Å²) in [4.78, 5) is 16.3. The van der Waals surface area contributed by atoms with Crippen LogP contribution in [0.1, 0.15) is 18.1 Å². The van der Waals surface area contributed by atoms with Gasteiger partial charge in [-0.2, -0.15) is 0 Å². The van der Waals surface area contributed by atoms with Crippen molar-refractivity contribution in [2.45, 2.75) is 6.92 Å². The van der Waals surface area contributed by atoms with E-state index in [0.29, 0.717) is 18.0 Å². The standard InChI is InChI=1S/C18H15FN2O2/c1-2-23-15-8-6-12(7-9-15)10-16-18(22)21-17(20-16)13-4-3-5-14(19)11-13/h3-11H,2H2,1H3,(H,20,21,22)/b16-10+. The van der Waals surface area contributed by atoms with E-state index in [1.165, 1.54) is 12.1 Å². The number of aliphatic imine (C=N–C) groups is 1. The Kier molecular flexibility index (Phi) is 4.19. The van der Waals surface area contributed by atoms with Gasteiger partial charge in [0.05, 0.1) is 6.61 Å². The number of amidine groups is 1. The largest absolute Gasteiger partial charge is 0.494 e. The summed E-state index contributed by atoms with van der Waals surface area (Å²) in [7, 11) is 0. The molecule has 2 aromatic carbocycles. The molecule has 1 amide bonds. The Morgan fingerprint density at radius 3 is 2.70 bits per heavy atom. The predicted octanol–water partition coefficient (Wildman–Crippen LogP) is 3.14. The lowest BCUT2D eigenvalue weighted by molar-refractivity contribution is -0.115. The molecule has 0 fully saturated rings. The average Bonchev–Trinajstić information content (AvgIpc) is 2.91. The fraction of sp³-hybridized carbons (Fsp3) is 0.111. The summed E-state index contributed by atoms with van der Waals surface area (Å²) in [6, 6.07) is 13.3. The summed E-state index contributed by atoms with van der Waals surface area (Å²) < 4.78 is 18.6. The Morgan fingerprint density at radius 1 is 1.22 bits per heavy atom. The molecule has 0 saturated heterocycles. The first kappa shape index (κ1) is 15.0. The van der Waals surface area contributed by atoms with Crippen molar-refractivity contribution in [2.24, 2.45) is 4.99 Å². The minimum absolute atomic E-state index is 0.286. The molecule has 0 radical (unpaired) electrons. The number of hydrogen-bond acceptors (Lipinski definition) is 3. The van der Waals surface area contributed by atoms with Crippen LogP contribution in [0.5, 0.6) is 5.75 Å². The van der Waals surface area contributed by atoms with Crippen LogP contribution in [0.2, 0.25) is 0 Å². The smallest absolute Gasteiger partial charge is 0.275 e. The van der Waals surface area contributed by atoms with Gasteiger partial charge in [0.15, 0.2) is 0 Å². The van der Waals surface area contributed by atoms with E-state index in [1.54, 1.807) is 18.2 Å². The van der Waals surface area contributed by atoms with Gasteiger partial charge in [-0.25, -0.2) is 9.38 Å². The van der Waals surface area contributed by atoms with Gasteiger partial charge in [0.1, 0.15) is 23.1 Å². The zero-order valence-corrected chi connectivity index (χ0v) is 12.5. The number of nitrogens with one attached hydrogen (secondary N) is 1. The minimum Gasteiger partial charge on any atom is -0.494 e. The van der Waals surface area contributed by atoms with Gasteiger partial charge in [0.25, 0.3) is 5.91 Å². The van der Waals surface area contributed by atoms with Gasteiger partial charge in [-0.15, -0.1) is 0 Å². The summed E-state index contributed by atoms with van der Waals surface area (Å²) in [5.41, 5.74) is 1.66. The number of benzene rings is 2. The van der Waals surface area contributed by atoms with Gasteiger partial charge in [-0.05, 0) is 42.8 Å². The van der Waals surface area contributed by atoms with Crippen LogP contribution >= 0.6 is 0 Å². The third kappa shape index (κ3) is 3.45. The number of halogens is 1. The first-order valence-corrected chi connectivity index (χ1v) is 7.26. The summed E-state index contributed by atoms with van der Waals surface area (Å²) in [6.45, 7) is 2.52. The summed E-state index contributed by atoms with van der Waals surface area (Å²) in [5.74, 6) is 0.447. The van der Waals surface area contributed by atoms with Crippen molar-refractivity contribution < 1.29 is 13.9 Å². The highest BCUT2D eigenvalue weighted by Gasteiger charge is 2.21. The molecule has 0 spiro atoms. The van der Waals surface area contributed by atoms with Crippen LogP contribution < -0.4 is 10.1 Å². The van der Waals surface area contributed by atoms with Crippen molar-refractivity contribution >= 4 is 17.8 Å². The van der Waals surface area contributed by atoms with Crippen molar-refractivity contribution in [3.63, 3.8) is 0 Å². The Balaban J connectivity index is 1.85. The zero-order chi connectivity index (χ0) is 16.2. The molecule has 2 aromatic rings. The highest BCUT2D eigenvalue weighted by Crippen LogP contribution is 2.18. The number of nitrogens with zero attached hydrogens (tertiary/aromatic N) is 1. The monoisotopic (exact) mass is 310 g/mol. The van der Waals surface area contributed by atoms with Gasteiger partial charge in [0, 0.05) is 5.56 Å². The lowest BCUT2D eigenvalue weighted by Gasteiger charge is -2.02. The number of ether oxygens (including phenoxy) is 1. The van der Waals surface area contributed by atoms with Gasteiger partial charge < -0.3 is 10.1 Å². The maximum absolute atomic E-state index is 13.3. The van der Waals surface area contributed by atoms with Crippen LogP contribution in [0.4, 0.5) is 4.39 Å². The average molecular weight is 310 g/mol. The molecule has 0 aromatic heterocycles. The molecule has 1 aliphatic rings. The lowest BCUT2D eigenvalue weighted by atomic mass is 10.2. The van der Waals surface area contributed by atoms with Crippen molar-refractivity contribution in [3.05, 3.63) is 71.2 Å². The summed E-state index contributed by atoms with van der Waals surface area (Å²) in [6.07, 6.45) is 1.68. The topological polar surface area (TPSA) is 50.7 Å². The Bertz CT molecular complexity index is 795. The van der Waals surface area contributed by atoms with Gasteiger partial charge in [0.2, 0.25) is 0 Å². The Morgan fingerprint density at radius 2 is 2.00 bits per heavy atom. The molecule has 1 aliphatic heterocycles. The number of carbonyl (C=O) groups is 1. The molecule has 4 nitrogen and oxygen atoms in total. The number of rotatable bonds is 4. The second-order valence-electron chi connectivity index (χ2n) is 4.96. The van der Waals surface area contributed by atoms with Crippen LogP contribution in [-0.4, -0.2) is 18.3 Å². The molecule has 0 saturated carbocycles. The van der Waals surface area contributed by atoms with E-state index in [4.69, 9.17) is 4.74 Å². The normalized spacial score (nSPS) is 15.5. The van der Waals surface area contributed by atoms with Crippen molar-refractivity contribution in [1.29, 1.82) is 0 Å². The van der Waals surface area contributed by atoms with E-state index < -0.39 is 0 Å². The maximum atomic E-state index is 13.3. The van der Waals surface area contributed by atoms with E-state index >= 15 is 0 Å². The number of carbonyl (C=O) groups excluding carboxylic acids is 1. The first-order valence-electron chi connectivity index (χ1n) is 7.26. The Hall–Kier alpha value is -2.95. The highest BCUT2D eigenvalue weighted by atomic mass is 19.1. The van der Waals surface area contributed by atoms with E-state index in [2.05, 4.69) is 10.3 Å². The molecule has 1 N–H and O–H groups in total. The second kappa shape index (κ2) is 6.44.